The molecule has 1 amide bonds. The Bertz CT molecular complexity index is 630. The minimum absolute atomic E-state index is 0.122. The second-order valence-electron chi connectivity index (χ2n) is 4.34. The number of nitriles is 1. The molecular formula is C11H13N3O3S2. The van der Waals surface area contributed by atoms with Crippen LogP contribution in [-0.2, 0) is 14.8 Å². The standard InChI is InChI=1S/C11H13N3O3S2/c12-6-9-3-4-10(18-9)19(16,17)14-5-1-2-8(7-14)11(13)15/h3-4,8H,1-2,5,7H2,(H2,13,15). The van der Waals surface area contributed by atoms with Gasteiger partial charge in [0.1, 0.15) is 15.2 Å². The highest BCUT2D eigenvalue weighted by Crippen LogP contribution is 2.28. The molecule has 1 aromatic heterocycles. The molecule has 8 heteroatoms. The lowest BCUT2D eigenvalue weighted by Gasteiger charge is -2.29. The molecular weight excluding hydrogens is 286 g/mol. The van der Waals surface area contributed by atoms with Crippen molar-refractivity contribution in [2.45, 2.75) is 17.1 Å². The summed E-state index contributed by atoms with van der Waals surface area (Å²) in [5, 5.41) is 8.73. The molecule has 2 rings (SSSR count). The fraction of sp³-hybridized carbons (Fsp3) is 0.455. The van der Waals surface area contributed by atoms with Crippen LogP contribution in [0.25, 0.3) is 0 Å². The minimum Gasteiger partial charge on any atom is -0.369 e. The van der Waals surface area contributed by atoms with Crippen molar-refractivity contribution in [3.8, 4) is 6.07 Å². The first kappa shape index (κ1) is 14.0. The molecule has 0 bridgehead atoms. The Balaban J connectivity index is 2.24. The summed E-state index contributed by atoms with van der Waals surface area (Å²) in [6.07, 6.45) is 1.23. The van der Waals surface area contributed by atoms with Gasteiger partial charge < -0.3 is 5.73 Å². The Morgan fingerprint density at radius 2 is 2.26 bits per heavy atom. The van der Waals surface area contributed by atoms with Gasteiger partial charge in [-0.25, -0.2) is 8.42 Å². The molecule has 0 aromatic carbocycles. The summed E-state index contributed by atoms with van der Waals surface area (Å²) in [6, 6.07) is 4.81. The molecule has 19 heavy (non-hydrogen) atoms. The maximum atomic E-state index is 12.4. The van der Waals surface area contributed by atoms with Gasteiger partial charge in [-0.3, -0.25) is 4.79 Å². The number of carbonyl (C=O) groups excluding carboxylic acids is 1. The van der Waals surface area contributed by atoms with Gasteiger partial charge >= 0.3 is 0 Å². The van der Waals surface area contributed by atoms with Crippen molar-refractivity contribution < 1.29 is 13.2 Å². The summed E-state index contributed by atoms with van der Waals surface area (Å²) in [7, 11) is -3.62. The molecule has 102 valence electrons. The van der Waals surface area contributed by atoms with Crippen LogP contribution in [0.5, 0.6) is 0 Å². The molecule has 2 N–H and O–H groups in total. The van der Waals surface area contributed by atoms with Gasteiger partial charge in [0.25, 0.3) is 10.0 Å². The third-order valence-electron chi connectivity index (χ3n) is 3.07. The van der Waals surface area contributed by atoms with Crippen molar-refractivity contribution in [2.24, 2.45) is 11.7 Å². The zero-order valence-corrected chi connectivity index (χ0v) is 11.7. The Morgan fingerprint density at radius 1 is 1.53 bits per heavy atom. The highest BCUT2D eigenvalue weighted by Gasteiger charge is 2.33. The summed E-state index contributed by atoms with van der Waals surface area (Å²) >= 11 is 0.936. The van der Waals surface area contributed by atoms with Crippen LogP contribution in [-0.4, -0.2) is 31.7 Å². The fourth-order valence-electron chi connectivity index (χ4n) is 2.04. The molecule has 1 aromatic rings. The predicted molar refractivity (Wildman–Crippen MR) is 69.7 cm³/mol. The largest absolute Gasteiger partial charge is 0.369 e. The number of hydrogen-bond donors (Lipinski definition) is 1. The Hall–Kier alpha value is -1.43. The van der Waals surface area contributed by atoms with Gasteiger partial charge in [0, 0.05) is 13.1 Å². The van der Waals surface area contributed by atoms with Crippen LogP contribution >= 0.6 is 11.3 Å². The zero-order valence-electron chi connectivity index (χ0n) is 10.1. The molecule has 1 saturated heterocycles. The Kier molecular flexibility index (Phi) is 3.89. The van der Waals surface area contributed by atoms with E-state index in [2.05, 4.69) is 0 Å². The van der Waals surface area contributed by atoms with E-state index in [1.165, 1.54) is 16.4 Å². The molecule has 1 fully saturated rings. The molecule has 0 radical (unpaired) electrons. The van der Waals surface area contributed by atoms with Crippen LogP contribution in [0.3, 0.4) is 0 Å². The summed E-state index contributed by atoms with van der Waals surface area (Å²) in [4.78, 5) is 11.5. The van der Waals surface area contributed by atoms with Gasteiger partial charge in [0.15, 0.2) is 0 Å². The van der Waals surface area contributed by atoms with Crippen LogP contribution in [0, 0.1) is 17.2 Å². The van der Waals surface area contributed by atoms with E-state index in [0.717, 1.165) is 11.3 Å². The first-order chi connectivity index (χ1) is 8.95. The second-order valence-corrected chi connectivity index (χ2v) is 7.58. The number of nitrogens with zero attached hydrogens (tertiary/aromatic N) is 2. The molecule has 1 unspecified atom stereocenters. The van der Waals surface area contributed by atoms with E-state index in [0.29, 0.717) is 24.3 Å². The number of thiophene rings is 1. The quantitative estimate of drug-likeness (QED) is 0.877. The van der Waals surface area contributed by atoms with E-state index in [4.69, 9.17) is 11.0 Å². The predicted octanol–water partition coefficient (Wildman–Crippen LogP) is 0.506. The van der Waals surface area contributed by atoms with Crippen LogP contribution in [0.2, 0.25) is 0 Å². The maximum absolute atomic E-state index is 12.4. The van der Waals surface area contributed by atoms with Crippen LogP contribution in [0.4, 0.5) is 0 Å². The smallest absolute Gasteiger partial charge is 0.252 e. The number of nitrogens with two attached hydrogens (primary N) is 1. The number of carbonyl (C=O) groups is 1. The van der Waals surface area contributed by atoms with Crippen molar-refractivity contribution in [2.75, 3.05) is 13.1 Å². The molecule has 0 aliphatic carbocycles. The van der Waals surface area contributed by atoms with E-state index in [-0.39, 0.29) is 10.8 Å². The zero-order chi connectivity index (χ0) is 14.0. The summed E-state index contributed by atoms with van der Waals surface area (Å²) in [5.41, 5.74) is 5.24. The molecule has 1 atom stereocenters. The molecule has 6 nitrogen and oxygen atoms in total. The first-order valence-corrected chi connectivity index (χ1v) is 8.00. The van der Waals surface area contributed by atoms with E-state index in [1.807, 2.05) is 6.07 Å². The molecule has 0 spiro atoms. The number of rotatable bonds is 3. The number of piperidine rings is 1. The Morgan fingerprint density at radius 3 is 2.84 bits per heavy atom. The van der Waals surface area contributed by atoms with Gasteiger partial charge in [0.2, 0.25) is 5.91 Å². The molecule has 2 heterocycles. The van der Waals surface area contributed by atoms with Crippen LogP contribution in [0.15, 0.2) is 16.3 Å². The maximum Gasteiger partial charge on any atom is 0.252 e. The normalized spacial score (nSPS) is 20.9. The average Bonchev–Trinajstić information content (AvgIpc) is 2.88. The lowest BCUT2D eigenvalue weighted by atomic mass is 9.99. The lowest BCUT2D eigenvalue weighted by molar-refractivity contribution is -0.122. The monoisotopic (exact) mass is 299 g/mol. The summed E-state index contributed by atoms with van der Waals surface area (Å²) in [5.74, 6) is -0.900. The summed E-state index contributed by atoms with van der Waals surface area (Å²) < 4.78 is 26.1. The summed E-state index contributed by atoms with van der Waals surface area (Å²) in [6.45, 7) is 0.503. The van der Waals surface area contributed by atoms with Crippen molar-refractivity contribution in [3.05, 3.63) is 17.0 Å². The van der Waals surface area contributed by atoms with Crippen molar-refractivity contribution >= 4 is 27.3 Å². The Labute approximate surface area is 115 Å². The van der Waals surface area contributed by atoms with Crippen LogP contribution < -0.4 is 5.73 Å². The highest BCUT2D eigenvalue weighted by atomic mass is 32.2. The first-order valence-electron chi connectivity index (χ1n) is 5.74. The molecule has 1 aliphatic rings. The fourth-order valence-corrected chi connectivity index (χ4v) is 4.82. The van der Waals surface area contributed by atoms with E-state index in [9.17, 15) is 13.2 Å². The molecule has 1 aliphatic heterocycles. The third-order valence-corrected chi connectivity index (χ3v) is 6.39. The van der Waals surface area contributed by atoms with E-state index >= 15 is 0 Å². The van der Waals surface area contributed by atoms with Gasteiger partial charge in [0.05, 0.1) is 5.92 Å². The van der Waals surface area contributed by atoms with E-state index in [1.54, 1.807) is 0 Å². The highest BCUT2D eigenvalue weighted by molar-refractivity contribution is 7.91. The van der Waals surface area contributed by atoms with Crippen molar-refractivity contribution in [1.82, 2.24) is 4.31 Å². The topological polar surface area (TPSA) is 104 Å². The minimum atomic E-state index is -3.62. The lowest BCUT2D eigenvalue weighted by Crippen LogP contribution is -2.43. The van der Waals surface area contributed by atoms with Crippen LogP contribution in [0.1, 0.15) is 17.7 Å². The third kappa shape index (κ3) is 2.78. The average molecular weight is 299 g/mol. The van der Waals surface area contributed by atoms with Crippen molar-refractivity contribution in [1.29, 1.82) is 5.26 Å². The SMILES string of the molecule is N#Cc1ccc(S(=O)(=O)N2CCCC(C(N)=O)C2)s1. The van der Waals surface area contributed by atoms with Gasteiger partial charge in [-0.15, -0.1) is 11.3 Å². The van der Waals surface area contributed by atoms with Gasteiger partial charge in [-0.05, 0) is 25.0 Å². The number of primary amides is 1. The van der Waals surface area contributed by atoms with Gasteiger partial charge in [-0.1, -0.05) is 0 Å². The van der Waals surface area contributed by atoms with E-state index < -0.39 is 21.8 Å². The number of hydrogen-bond acceptors (Lipinski definition) is 5. The number of amides is 1. The van der Waals surface area contributed by atoms with Crippen molar-refractivity contribution in [3.63, 3.8) is 0 Å². The molecule has 0 saturated carbocycles. The van der Waals surface area contributed by atoms with Gasteiger partial charge in [-0.2, -0.15) is 9.57 Å². The second kappa shape index (κ2) is 5.28. The number of sulfonamides is 1.